The zero-order valence-corrected chi connectivity index (χ0v) is 17.2. The molecule has 31 heavy (non-hydrogen) atoms. The Morgan fingerprint density at radius 1 is 1.16 bits per heavy atom. The molecule has 0 bridgehead atoms. The van der Waals surface area contributed by atoms with E-state index in [-0.39, 0.29) is 11.9 Å². The Morgan fingerprint density at radius 3 is 2.65 bits per heavy atom. The maximum atomic E-state index is 11.8. The number of nitrogens with zero attached hydrogens (tertiary/aromatic N) is 2. The molecular weight excluding hydrogens is 400 g/mol. The summed E-state index contributed by atoms with van der Waals surface area (Å²) in [5.41, 5.74) is 3.18. The van der Waals surface area contributed by atoms with Gasteiger partial charge in [-0.15, -0.1) is 0 Å². The number of hydrogen-bond donors (Lipinski definition) is 5. The molecule has 0 unspecified atom stereocenters. The molecule has 0 fully saturated rings. The second-order valence-electron chi connectivity index (χ2n) is 6.60. The first-order valence-electron chi connectivity index (χ1n) is 9.61. The number of carboxylic acid groups (broad SMARTS) is 1. The van der Waals surface area contributed by atoms with Crippen LogP contribution in [-0.4, -0.2) is 33.4 Å². The van der Waals surface area contributed by atoms with Crippen LogP contribution in [0.1, 0.15) is 12.5 Å². The van der Waals surface area contributed by atoms with Gasteiger partial charge in [0.05, 0.1) is 5.69 Å². The monoisotopic (exact) mass is 424 g/mol. The van der Waals surface area contributed by atoms with Gasteiger partial charge in [0.1, 0.15) is 5.82 Å². The van der Waals surface area contributed by atoms with Crippen molar-refractivity contribution in [2.24, 2.45) is 7.05 Å². The van der Waals surface area contributed by atoms with E-state index in [0.29, 0.717) is 24.6 Å². The molecule has 2 aromatic heterocycles. The SMILES string of the molecule is CCNC(=O)Nc1cc(Nc2ccccc2)c(CNc2cc(OC(=O)O)n(C)c2)cn1. The van der Waals surface area contributed by atoms with E-state index in [9.17, 15) is 9.59 Å². The molecule has 3 aromatic rings. The molecule has 0 radical (unpaired) electrons. The van der Waals surface area contributed by atoms with E-state index in [1.165, 1.54) is 0 Å². The fraction of sp³-hybridized carbons (Fsp3) is 0.190. The van der Waals surface area contributed by atoms with Crippen LogP contribution in [0.5, 0.6) is 5.88 Å². The molecule has 162 valence electrons. The maximum Gasteiger partial charge on any atom is 0.512 e. The van der Waals surface area contributed by atoms with Crippen LogP contribution in [0.2, 0.25) is 0 Å². The lowest BCUT2D eigenvalue weighted by atomic mass is 10.2. The molecule has 0 spiro atoms. The highest BCUT2D eigenvalue weighted by Crippen LogP contribution is 2.25. The lowest BCUT2D eigenvalue weighted by molar-refractivity contribution is 0.141. The third-order valence-electron chi connectivity index (χ3n) is 4.25. The largest absolute Gasteiger partial charge is 0.512 e. The van der Waals surface area contributed by atoms with E-state index in [0.717, 1.165) is 16.9 Å². The number of pyridine rings is 1. The summed E-state index contributed by atoms with van der Waals surface area (Å²) in [4.78, 5) is 26.9. The summed E-state index contributed by atoms with van der Waals surface area (Å²) in [6, 6.07) is 12.6. The number of benzene rings is 1. The van der Waals surface area contributed by atoms with Gasteiger partial charge in [-0.2, -0.15) is 0 Å². The number of urea groups is 1. The second kappa shape index (κ2) is 10.0. The molecule has 0 aliphatic carbocycles. The van der Waals surface area contributed by atoms with Crippen molar-refractivity contribution in [3.8, 4) is 5.88 Å². The molecule has 0 atom stereocenters. The molecule has 0 saturated heterocycles. The Kier molecular flexibility index (Phi) is 6.94. The van der Waals surface area contributed by atoms with Crippen molar-refractivity contribution >= 4 is 35.1 Å². The number of anilines is 4. The summed E-state index contributed by atoms with van der Waals surface area (Å²) in [7, 11) is 1.69. The number of nitrogens with one attached hydrogen (secondary N) is 4. The Bertz CT molecular complexity index is 1050. The Morgan fingerprint density at radius 2 is 1.94 bits per heavy atom. The van der Waals surface area contributed by atoms with Crippen molar-refractivity contribution in [2.45, 2.75) is 13.5 Å². The number of amides is 2. The van der Waals surface area contributed by atoms with Gasteiger partial charge in [0.2, 0.25) is 5.88 Å². The maximum absolute atomic E-state index is 11.8. The molecule has 0 aliphatic rings. The predicted octanol–water partition coefficient (Wildman–Crippen LogP) is 3.97. The van der Waals surface area contributed by atoms with Gasteiger partial charge < -0.3 is 30.4 Å². The van der Waals surface area contributed by atoms with E-state index in [4.69, 9.17) is 9.84 Å². The standard InChI is InChI=1S/C21H24N6O4/c1-3-22-20(28)26-18-10-17(25-15-7-5-4-6-8-15)14(12-24-18)11-23-16-9-19(27(2)13-16)31-21(29)30/h4-10,12-13,23H,3,11H2,1-2H3,(H,29,30)(H3,22,24,25,26,28). The van der Waals surface area contributed by atoms with Gasteiger partial charge in [-0.25, -0.2) is 14.6 Å². The topological polar surface area (TPSA) is 130 Å². The van der Waals surface area contributed by atoms with Gasteiger partial charge in [-0.1, -0.05) is 18.2 Å². The Hall–Kier alpha value is -4.21. The van der Waals surface area contributed by atoms with Crippen molar-refractivity contribution < 1.29 is 19.4 Å². The van der Waals surface area contributed by atoms with Crippen molar-refractivity contribution in [3.63, 3.8) is 0 Å². The van der Waals surface area contributed by atoms with Crippen LogP contribution in [-0.2, 0) is 13.6 Å². The van der Waals surface area contributed by atoms with E-state index in [1.807, 2.05) is 37.3 Å². The van der Waals surface area contributed by atoms with Crippen molar-refractivity contribution in [3.05, 3.63) is 60.4 Å². The average Bonchev–Trinajstić information content (AvgIpc) is 3.07. The minimum atomic E-state index is -1.37. The fourth-order valence-electron chi connectivity index (χ4n) is 2.84. The first-order chi connectivity index (χ1) is 14.9. The van der Waals surface area contributed by atoms with Gasteiger partial charge in [0.15, 0.2) is 0 Å². The van der Waals surface area contributed by atoms with Gasteiger partial charge in [0.25, 0.3) is 0 Å². The van der Waals surface area contributed by atoms with Crippen LogP contribution in [0, 0.1) is 0 Å². The summed E-state index contributed by atoms with van der Waals surface area (Å²) in [5.74, 6) is 0.613. The van der Waals surface area contributed by atoms with Gasteiger partial charge >= 0.3 is 12.2 Å². The van der Waals surface area contributed by atoms with E-state index in [1.54, 1.807) is 36.1 Å². The minimum Gasteiger partial charge on any atom is -0.449 e. The number of aryl methyl sites for hydroxylation is 1. The van der Waals surface area contributed by atoms with Gasteiger partial charge in [0, 0.05) is 61.6 Å². The third-order valence-corrected chi connectivity index (χ3v) is 4.25. The molecule has 2 heterocycles. The molecule has 2 amide bonds. The second-order valence-corrected chi connectivity index (χ2v) is 6.60. The molecule has 10 heteroatoms. The van der Waals surface area contributed by atoms with Crippen LogP contribution < -0.4 is 26.0 Å². The van der Waals surface area contributed by atoms with E-state index < -0.39 is 6.16 Å². The van der Waals surface area contributed by atoms with Crippen LogP contribution in [0.3, 0.4) is 0 Å². The first kappa shape index (κ1) is 21.5. The Balaban J connectivity index is 1.79. The van der Waals surface area contributed by atoms with Gasteiger partial charge in [-0.05, 0) is 19.1 Å². The highest BCUT2D eigenvalue weighted by Gasteiger charge is 2.11. The lowest BCUT2D eigenvalue weighted by Gasteiger charge is -2.15. The molecule has 10 nitrogen and oxygen atoms in total. The first-order valence-corrected chi connectivity index (χ1v) is 9.61. The normalized spacial score (nSPS) is 10.3. The quantitative estimate of drug-likeness (QED) is 0.346. The highest BCUT2D eigenvalue weighted by atomic mass is 16.7. The highest BCUT2D eigenvalue weighted by molar-refractivity contribution is 5.89. The number of carbonyl (C=O) groups is 2. The smallest absolute Gasteiger partial charge is 0.449 e. The van der Waals surface area contributed by atoms with Crippen molar-refractivity contribution in [1.82, 2.24) is 14.9 Å². The van der Waals surface area contributed by atoms with Crippen molar-refractivity contribution in [1.29, 1.82) is 0 Å². The number of para-hydroxylation sites is 1. The summed E-state index contributed by atoms with van der Waals surface area (Å²) in [6.07, 6.45) is 2.01. The predicted molar refractivity (Wildman–Crippen MR) is 118 cm³/mol. The summed E-state index contributed by atoms with van der Waals surface area (Å²) in [6.45, 7) is 2.74. The molecular formula is C21H24N6O4. The minimum absolute atomic E-state index is 0.206. The van der Waals surface area contributed by atoms with Crippen LogP contribution in [0.4, 0.5) is 32.5 Å². The van der Waals surface area contributed by atoms with Gasteiger partial charge in [-0.3, -0.25) is 5.32 Å². The molecule has 5 N–H and O–H groups in total. The molecule has 0 aliphatic heterocycles. The zero-order valence-electron chi connectivity index (χ0n) is 17.2. The van der Waals surface area contributed by atoms with Crippen LogP contribution >= 0.6 is 0 Å². The molecule has 0 saturated carbocycles. The van der Waals surface area contributed by atoms with E-state index in [2.05, 4.69) is 26.3 Å². The average molecular weight is 424 g/mol. The summed E-state index contributed by atoms with van der Waals surface area (Å²) >= 11 is 0. The number of ether oxygens (including phenoxy) is 1. The number of carbonyl (C=O) groups excluding carboxylic acids is 1. The Labute approximate surface area is 179 Å². The molecule has 3 rings (SSSR count). The fourth-order valence-corrected chi connectivity index (χ4v) is 2.84. The number of aromatic nitrogens is 2. The summed E-state index contributed by atoms with van der Waals surface area (Å²) in [5, 5.41) is 20.7. The van der Waals surface area contributed by atoms with Crippen molar-refractivity contribution in [2.75, 3.05) is 22.5 Å². The van der Waals surface area contributed by atoms with E-state index >= 15 is 0 Å². The number of hydrogen-bond acceptors (Lipinski definition) is 6. The van der Waals surface area contributed by atoms with Crippen LogP contribution in [0.15, 0.2) is 54.9 Å². The lowest BCUT2D eigenvalue weighted by Crippen LogP contribution is -2.28. The van der Waals surface area contributed by atoms with Crippen LogP contribution in [0.25, 0.3) is 0 Å². The third kappa shape index (κ3) is 6.13. The number of rotatable bonds is 8. The molecule has 1 aromatic carbocycles. The summed E-state index contributed by atoms with van der Waals surface area (Å²) < 4.78 is 6.29. The zero-order chi connectivity index (χ0) is 22.2.